The van der Waals surface area contributed by atoms with Crippen molar-refractivity contribution in [3.63, 3.8) is 0 Å². The van der Waals surface area contributed by atoms with E-state index in [0.717, 1.165) is 18.9 Å². The van der Waals surface area contributed by atoms with Crippen LogP contribution in [0.5, 0.6) is 0 Å². The third-order valence-corrected chi connectivity index (χ3v) is 5.26. The summed E-state index contributed by atoms with van der Waals surface area (Å²) in [4.78, 5) is 2.70. The smallest absolute Gasteiger partial charge is 0.0589 e. The van der Waals surface area contributed by atoms with Crippen LogP contribution >= 0.6 is 0 Å². The van der Waals surface area contributed by atoms with Crippen LogP contribution < -0.4 is 5.73 Å². The molecular weight excluding hydrogens is 224 g/mol. The van der Waals surface area contributed by atoms with Gasteiger partial charge in [0.1, 0.15) is 0 Å². The topological polar surface area (TPSA) is 38.5 Å². The van der Waals surface area contributed by atoms with Gasteiger partial charge in [-0.25, -0.2) is 0 Å². The molecule has 0 amide bonds. The number of nitrogens with two attached hydrogens (primary N) is 1. The quantitative estimate of drug-likeness (QED) is 0.837. The van der Waals surface area contributed by atoms with E-state index in [1.54, 1.807) is 0 Å². The molecule has 2 rings (SSSR count). The number of piperidine rings is 1. The standard InChI is InChI=1S/C15H30N2O/c1-3-13-6-5-9-17(11-13)15(12-16)8-4-7-14(10-15)18-2/h13-14H,3-12,16H2,1-2H3. The van der Waals surface area contributed by atoms with Crippen LogP contribution in [0.25, 0.3) is 0 Å². The van der Waals surface area contributed by atoms with Gasteiger partial charge in [-0.15, -0.1) is 0 Å². The van der Waals surface area contributed by atoms with Gasteiger partial charge in [0, 0.05) is 25.7 Å². The molecule has 2 aliphatic rings. The van der Waals surface area contributed by atoms with E-state index < -0.39 is 0 Å². The molecule has 0 radical (unpaired) electrons. The number of hydrogen-bond acceptors (Lipinski definition) is 3. The fourth-order valence-electron chi connectivity index (χ4n) is 3.92. The minimum Gasteiger partial charge on any atom is -0.381 e. The first-order valence-corrected chi connectivity index (χ1v) is 7.72. The van der Waals surface area contributed by atoms with Gasteiger partial charge in [0.25, 0.3) is 0 Å². The molecule has 1 saturated heterocycles. The van der Waals surface area contributed by atoms with E-state index in [-0.39, 0.29) is 5.54 Å². The van der Waals surface area contributed by atoms with E-state index in [0.29, 0.717) is 6.10 Å². The number of nitrogens with zero attached hydrogens (tertiary/aromatic N) is 1. The SMILES string of the molecule is CCC1CCCN(C2(CN)CCCC(OC)C2)C1. The predicted octanol–water partition coefficient (Wildman–Crippen LogP) is 2.39. The molecule has 3 nitrogen and oxygen atoms in total. The van der Waals surface area contributed by atoms with Gasteiger partial charge in [-0.1, -0.05) is 13.3 Å². The van der Waals surface area contributed by atoms with Crippen LogP contribution in [0.2, 0.25) is 0 Å². The van der Waals surface area contributed by atoms with Gasteiger partial charge in [-0.2, -0.15) is 0 Å². The Labute approximate surface area is 112 Å². The highest BCUT2D eigenvalue weighted by Gasteiger charge is 2.41. The van der Waals surface area contributed by atoms with Crippen LogP contribution in [0.3, 0.4) is 0 Å². The summed E-state index contributed by atoms with van der Waals surface area (Å²) in [6.07, 6.45) is 9.36. The Morgan fingerprint density at radius 1 is 1.33 bits per heavy atom. The Bertz CT molecular complexity index is 259. The van der Waals surface area contributed by atoms with Gasteiger partial charge in [0.2, 0.25) is 0 Å². The summed E-state index contributed by atoms with van der Waals surface area (Å²) in [7, 11) is 1.85. The minimum atomic E-state index is 0.229. The first-order valence-electron chi connectivity index (χ1n) is 7.72. The Hall–Kier alpha value is -0.120. The molecule has 1 aliphatic carbocycles. The van der Waals surface area contributed by atoms with Crippen LogP contribution in [0, 0.1) is 5.92 Å². The summed E-state index contributed by atoms with van der Waals surface area (Å²) in [6, 6.07) is 0. The van der Waals surface area contributed by atoms with E-state index in [2.05, 4.69) is 11.8 Å². The molecular formula is C15H30N2O. The maximum atomic E-state index is 6.18. The molecule has 0 aromatic carbocycles. The van der Waals surface area contributed by atoms with Crippen molar-refractivity contribution in [1.82, 2.24) is 4.90 Å². The van der Waals surface area contributed by atoms with Crippen molar-refractivity contribution in [2.45, 2.75) is 63.5 Å². The molecule has 106 valence electrons. The summed E-state index contributed by atoms with van der Waals surface area (Å²) in [5, 5.41) is 0. The fraction of sp³-hybridized carbons (Fsp3) is 1.00. The van der Waals surface area contributed by atoms with Crippen molar-refractivity contribution >= 4 is 0 Å². The Morgan fingerprint density at radius 3 is 2.83 bits per heavy atom. The normalized spacial score (nSPS) is 38.8. The lowest BCUT2D eigenvalue weighted by Gasteiger charge is -2.50. The van der Waals surface area contributed by atoms with Crippen LogP contribution in [-0.4, -0.2) is 43.3 Å². The molecule has 0 bridgehead atoms. The average molecular weight is 254 g/mol. The molecule has 3 heteroatoms. The van der Waals surface area contributed by atoms with Crippen molar-refractivity contribution in [1.29, 1.82) is 0 Å². The summed E-state index contributed by atoms with van der Waals surface area (Å²) < 4.78 is 5.61. The Morgan fingerprint density at radius 2 is 2.17 bits per heavy atom. The third-order valence-electron chi connectivity index (χ3n) is 5.26. The van der Waals surface area contributed by atoms with Crippen molar-refractivity contribution in [2.75, 3.05) is 26.7 Å². The highest BCUT2D eigenvalue weighted by Crippen LogP contribution is 2.37. The van der Waals surface area contributed by atoms with E-state index in [1.807, 2.05) is 7.11 Å². The molecule has 0 aromatic rings. The number of rotatable bonds is 4. The summed E-state index contributed by atoms with van der Waals surface area (Å²) in [6.45, 7) is 5.61. The number of methoxy groups -OCH3 is 1. The zero-order valence-corrected chi connectivity index (χ0v) is 12.2. The lowest BCUT2D eigenvalue weighted by molar-refractivity contribution is -0.0379. The fourth-order valence-corrected chi connectivity index (χ4v) is 3.92. The summed E-state index contributed by atoms with van der Waals surface area (Å²) in [5.74, 6) is 0.880. The van der Waals surface area contributed by atoms with Crippen molar-refractivity contribution in [3.05, 3.63) is 0 Å². The Kier molecular flexibility index (Phi) is 5.05. The average Bonchev–Trinajstić information content (AvgIpc) is 2.47. The largest absolute Gasteiger partial charge is 0.381 e. The second-order valence-corrected chi connectivity index (χ2v) is 6.25. The minimum absolute atomic E-state index is 0.229. The van der Waals surface area contributed by atoms with Gasteiger partial charge >= 0.3 is 0 Å². The molecule has 1 saturated carbocycles. The Balaban J connectivity index is 2.05. The van der Waals surface area contributed by atoms with Crippen LogP contribution in [0.15, 0.2) is 0 Å². The second kappa shape index (κ2) is 6.36. The number of hydrogen-bond donors (Lipinski definition) is 1. The van der Waals surface area contributed by atoms with Crippen molar-refractivity contribution in [2.24, 2.45) is 11.7 Å². The first kappa shape index (κ1) is 14.3. The molecule has 2 fully saturated rings. The molecule has 3 atom stereocenters. The molecule has 0 spiro atoms. The molecule has 3 unspecified atom stereocenters. The predicted molar refractivity (Wildman–Crippen MR) is 75.6 cm³/mol. The zero-order valence-electron chi connectivity index (χ0n) is 12.2. The first-order chi connectivity index (χ1) is 8.74. The molecule has 18 heavy (non-hydrogen) atoms. The molecule has 0 aromatic heterocycles. The van der Waals surface area contributed by atoms with Gasteiger partial charge in [-0.05, 0) is 51.0 Å². The summed E-state index contributed by atoms with van der Waals surface area (Å²) in [5.41, 5.74) is 6.40. The number of likely N-dealkylation sites (tertiary alicyclic amines) is 1. The molecule has 1 heterocycles. The molecule has 1 aliphatic heterocycles. The van der Waals surface area contributed by atoms with Gasteiger partial charge in [-0.3, -0.25) is 4.90 Å². The van der Waals surface area contributed by atoms with Gasteiger partial charge in [0.05, 0.1) is 6.10 Å². The van der Waals surface area contributed by atoms with Crippen molar-refractivity contribution < 1.29 is 4.74 Å². The maximum absolute atomic E-state index is 6.18. The highest BCUT2D eigenvalue weighted by molar-refractivity contribution is 4.98. The van der Waals surface area contributed by atoms with Crippen LogP contribution in [-0.2, 0) is 4.74 Å². The molecule has 2 N–H and O–H groups in total. The van der Waals surface area contributed by atoms with Gasteiger partial charge < -0.3 is 10.5 Å². The van der Waals surface area contributed by atoms with E-state index >= 15 is 0 Å². The zero-order chi connectivity index (χ0) is 13.0. The van der Waals surface area contributed by atoms with Crippen LogP contribution in [0.1, 0.15) is 51.9 Å². The van der Waals surface area contributed by atoms with Crippen LogP contribution in [0.4, 0.5) is 0 Å². The van der Waals surface area contributed by atoms with Crippen molar-refractivity contribution in [3.8, 4) is 0 Å². The number of ether oxygens (including phenoxy) is 1. The maximum Gasteiger partial charge on any atom is 0.0589 e. The monoisotopic (exact) mass is 254 g/mol. The third kappa shape index (κ3) is 2.89. The lowest BCUT2D eigenvalue weighted by atomic mass is 9.77. The second-order valence-electron chi connectivity index (χ2n) is 6.25. The van der Waals surface area contributed by atoms with E-state index in [1.165, 1.54) is 51.6 Å². The van der Waals surface area contributed by atoms with E-state index in [9.17, 15) is 0 Å². The van der Waals surface area contributed by atoms with E-state index in [4.69, 9.17) is 10.5 Å². The highest BCUT2D eigenvalue weighted by atomic mass is 16.5. The lowest BCUT2D eigenvalue weighted by Crippen LogP contribution is -2.59. The van der Waals surface area contributed by atoms with Gasteiger partial charge in [0.15, 0.2) is 0 Å². The summed E-state index contributed by atoms with van der Waals surface area (Å²) >= 11 is 0.